The number of halogens is 2. The second-order valence-electron chi connectivity index (χ2n) is 6.38. The van der Waals surface area contributed by atoms with E-state index in [0.717, 1.165) is 17.7 Å². The van der Waals surface area contributed by atoms with Crippen LogP contribution in [0.3, 0.4) is 0 Å². The monoisotopic (exact) mass is 432 g/mol. The van der Waals surface area contributed by atoms with E-state index >= 15 is 0 Å². The summed E-state index contributed by atoms with van der Waals surface area (Å²) >= 11 is 5.84. The highest BCUT2D eigenvalue weighted by Crippen LogP contribution is 2.28. The van der Waals surface area contributed by atoms with Gasteiger partial charge in [-0.1, -0.05) is 29.8 Å². The predicted molar refractivity (Wildman–Crippen MR) is 109 cm³/mol. The fourth-order valence-corrected chi connectivity index (χ4v) is 4.59. The Morgan fingerprint density at radius 2 is 1.76 bits per heavy atom. The van der Waals surface area contributed by atoms with Crippen LogP contribution in [0.25, 0.3) is 0 Å². The van der Waals surface area contributed by atoms with Crippen molar-refractivity contribution in [2.24, 2.45) is 0 Å². The number of nitrogens with zero attached hydrogens (tertiary/aromatic N) is 1. The van der Waals surface area contributed by atoms with Crippen LogP contribution in [0, 0.1) is 5.82 Å². The van der Waals surface area contributed by atoms with E-state index in [1.807, 2.05) is 0 Å². The van der Waals surface area contributed by atoms with Gasteiger partial charge in [0, 0.05) is 24.0 Å². The van der Waals surface area contributed by atoms with E-state index in [2.05, 4.69) is 10.3 Å². The zero-order chi connectivity index (χ0) is 20.9. The summed E-state index contributed by atoms with van der Waals surface area (Å²) in [7, 11) is -3.88. The number of rotatable bonds is 7. The summed E-state index contributed by atoms with van der Waals surface area (Å²) in [6.07, 6.45) is 3.06. The fraction of sp³-hybridized carbons (Fsp3) is 0.143. The summed E-state index contributed by atoms with van der Waals surface area (Å²) in [4.78, 5) is 16.3. The minimum absolute atomic E-state index is 0.0281. The Labute approximate surface area is 173 Å². The Morgan fingerprint density at radius 3 is 2.38 bits per heavy atom. The highest BCUT2D eigenvalue weighted by Gasteiger charge is 2.30. The molecule has 0 aliphatic rings. The van der Waals surface area contributed by atoms with Crippen LogP contribution in [0.15, 0.2) is 78.0 Å². The lowest BCUT2D eigenvalue weighted by atomic mass is 10.1. The van der Waals surface area contributed by atoms with Crippen LogP contribution in [-0.4, -0.2) is 25.9 Å². The first-order chi connectivity index (χ1) is 13.9. The normalized spacial score (nSPS) is 12.3. The molecule has 1 heterocycles. The molecule has 0 aliphatic heterocycles. The van der Waals surface area contributed by atoms with Gasteiger partial charge in [-0.2, -0.15) is 0 Å². The molecule has 5 nitrogen and oxygen atoms in total. The van der Waals surface area contributed by atoms with Crippen molar-refractivity contribution >= 4 is 27.3 Å². The highest BCUT2D eigenvalue weighted by molar-refractivity contribution is 7.91. The summed E-state index contributed by atoms with van der Waals surface area (Å²) in [6.45, 7) is -0.141. The number of amides is 1. The van der Waals surface area contributed by atoms with Crippen molar-refractivity contribution < 1.29 is 17.6 Å². The van der Waals surface area contributed by atoms with Crippen LogP contribution in [0.1, 0.15) is 16.4 Å². The Morgan fingerprint density at radius 1 is 1.07 bits per heavy atom. The van der Waals surface area contributed by atoms with Gasteiger partial charge in [0.2, 0.25) is 5.91 Å². The van der Waals surface area contributed by atoms with Gasteiger partial charge in [0.05, 0.1) is 11.3 Å². The average molecular weight is 433 g/mol. The third-order valence-corrected chi connectivity index (χ3v) is 6.70. The first kappa shape index (κ1) is 21.0. The molecule has 8 heteroatoms. The molecule has 29 heavy (non-hydrogen) atoms. The molecule has 0 spiro atoms. The number of benzene rings is 2. The quantitative estimate of drug-likeness (QED) is 0.577. The highest BCUT2D eigenvalue weighted by atomic mass is 35.5. The molecular weight excluding hydrogens is 415 g/mol. The molecule has 150 valence electrons. The minimum Gasteiger partial charge on any atom is -0.354 e. The van der Waals surface area contributed by atoms with E-state index < -0.39 is 20.9 Å². The third-order valence-electron chi connectivity index (χ3n) is 4.34. The number of pyridine rings is 1. The van der Waals surface area contributed by atoms with Crippen LogP contribution in [-0.2, 0) is 21.1 Å². The molecule has 0 aliphatic carbocycles. The van der Waals surface area contributed by atoms with Crippen molar-refractivity contribution in [3.8, 4) is 0 Å². The standard InChI is InChI=1S/C21H18ClFN2O3S/c22-17-5-3-15(4-6-17)12-21(26)25-14-20(16-2-1-11-24-13-16)29(27,28)19-9-7-18(23)8-10-19/h1-11,13,20H,12,14H2,(H,25,26). The Kier molecular flexibility index (Phi) is 6.61. The number of sulfone groups is 1. The molecule has 0 fully saturated rings. The van der Waals surface area contributed by atoms with E-state index in [0.29, 0.717) is 10.6 Å². The lowest BCUT2D eigenvalue weighted by Crippen LogP contribution is -2.33. The molecule has 1 aromatic heterocycles. The molecule has 0 saturated heterocycles. The lowest BCUT2D eigenvalue weighted by Gasteiger charge is -2.19. The van der Waals surface area contributed by atoms with Crippen molar-refractivity contribution in [3.63, 3.8) is 0 Å². The van der Waals surface area contributed by atoms with E-state index in [4.69, 9.17) is 11.6 Å². The second-order valence-corrected chi connectivity index (χ2v) is 8.95. The van der Waals surface area contributed by atoms with Gasteiger partial charge < -0.3 is 5.32 Å². The molecule has 0 radical (unpaired) electrons. The van der Waals surface area contributed by atoms with Crippen LogP contribution in [0.5, 0.6) is 0 Å². The van der Waals surface area contributed by atoms with Crippen LogP contribution in [0.4, 0.5) is 4.39 Å². The number of carbonyl (C=O) groups excluding carboxylic acids is 1. The third kappa shape index (κ3) is 5.40. The molecule has 1 N–H and O–H groups in total. The predicted octanol–water partition coefficient (Wildman–Crippen LogP) is 3.75. The van der Waals surface area contributed by atoms with E-state index in [1.54, 1.807) is 36.4 Å². The molecule has 1 unspecified atom stereocenters. The summed E-state index contributed by atoms with van der Waals surface area (Å²) < 4.78 is 39.5. The molecule has 1 atom stereocenters. The van der Waals surface area contributed by atoms with Crippen molar-refractivity contribution in [2.75, 3.05) is 6.54 Å². The summed E-state index contributed by atoms with van der Waals surface area (Å²) in [5.74, 6) is -0.853. The number of hydrogen-bond acceptors (Lipinski definition) is 4. The Hall–Kier alpha value is -2.77. The number of nitrogens with one attached hydrogen (secondary N) is 1. The molecule has 0 saturated carbocycles. The molecular formula is C21H18ClFN2O3S. The first-order valence-electron chi connectivity index (χ1n) is 8.77. The van der Waals surface area contributed by atoms with Crippen LogP contribution in [0.2, 0.25) is 5.02 Å². The maximum absolute atomic E-state index is 13.2. The Balaban J connectivity index is 1.80. The SMILES string of the molecule is O=C(Cc1ccc(Cl)cc1)NCC(c1cccnc1)S(=O)(=O)c1ccc(F)cc1. The summed E-state index contributed by atoms with van der Waals surface area (Å²) in [6, 6.07) is 14.7. The zero-order valence-electron chi connectivity index (χ0n) is 15.3. The second kappa shape index (κ2) is 9.15. The average Bonchev–Trinajstić information content (AvgIpc) is 2.71. The van der Waals surface area contributed by atoms with Crippen molar-refractivity contribution in [3.05, 3.63) is 95.0 Å². The molecule has 0 bridgehead atoms. The van der Waals surface area contributed by atoms with Crippen LogP contribution >= 0.6 is 11.6 Å². The molecule has 3 aromatic rings. The maximum Gasteiger partial charge on any atom is 0.224 e. The van der Waals surface area contributed by atoms with Crippen molar-refractivity contribution in [1.29, 1.82) is 0 Å². The van der Waals surface area contributed by atoms with Gasteiger partial charge in [0.15, 0.2) is 9.84 Å². The van der Waals surface area contributed by atoms with Gasteiger partial charge in [-0.05, 0) is 53.6 Å². The number of hydrogen-bond donors (Lipinski definition) is 1. The van der Waals surface area contributed by atoms with Crippen molar-refractivity contribution in [1.82, 2.24) is 10.3 Å². The Bertz CT molecular complexity index is 1070. The van der Waals surface area contributed by atoms with E-state index in [1.165, 1.54) is 24.5 Å². The van der Waals surface area contributed by atoms with Gasteiger partial charge >= 0.3 is 0 Å². The zero-order valence-corrected chi connectivity index (χ0v) is 16.8. The summed E-state index contributed by atoms with van der Waals surface area (Å²) in [5, 5.41) is 2.19. The lowest BCUT2D eigenvalue weighted by molar-refractivity contribution is -0.120. The number of carbonyl (C=O) groups is 1. The molecule has 3 rings (SSSR count). The fourth-order valence-electron chi connectivity index (χ4n) is 2.82. The molecule has 1 amide bonds. The maximum atomic E-state index is 13.2. The van der Waals surface area contributed by atoms with Gasteiger partial charge in [-0.25, -0.2) is 12.8 Å². The molecule has 2 aromatic carbocycles. The van der Waals surface area contributed by atoms with Gasteiger partial charge in [-0.3, -0.25) is 9.78 Å². The van der Waals surface area contributed by atoms with E-state index in [9.17, 15) is 17.6 Å². The smallest absolute Gasteiger partial charge is 0.224 e. The number of aromatic nitrogens is 1. The first-order valence-corrected chi connectivity index (χ1v) is 10.7. The van der Waals surface area contributed by atoms with Gasteiger partial charge in [0.25, 0.3) is 0 Å². The summed E-state index contributed by atoms with van der Waals surface area (Å²) in [5.41, 5.74) is 1.19. The topological polar surface area (TPSA) is 76.1 Å². The van der Waals surface area contributed by atoms with Gasteiger partial charge in [-0.15, -0.1) is 0 Å². The van der Waals surface area contributed by atoms with Gasteiger partial charge in [0.1, 0.15) is 11.1 Å². The van der Waals surface area contributed by atoms with Crippen LogP contribution < -0.4 is 5.32 Å². The minimum atomic E-state index is -3.88. The van der Waals surface area contributed by atoms with Crippen molar-refractivity contribution in [2.45, 2.75) is 16.6 Å². The van der Waals surface area contributed by atoms with E-state index in [-0.39, 0.29) is 23.8 Å². The largest absolute Gasteiger partial charge is 0.354 e.